The summed E-state index contributed by atoms with van der Waals surface area (Å²) < 4.78 is 18.2. The Balaban J connectivity index is 1.59. The molecule has 174 valence electrons. The van der Waals surface area contributed by atoms with Gasteiger partial charge in [-0.1, -0.05) is 0 Å². The third-order valence-electron chi connectivity index (χ3n) is 5.71. The van der Waals surface area contributed by atoms with Crippen LogP contribution in [-0.2, 0) is 19.1 Å². The van der Waals surface area contributed by atoms with E-state index in [0.717, 1.165) is 0 Å². The predicted octanol–water partition coefficient (Wildman–Crippen LogP) is 1.75. The zero-order valence-corrected chi connectivity index (χ0v) is 18.0. The van der Waals surface area contributed by atoms with Crippen LogP contribution in [0.5, 0.6) is 0 Å². The van der Waals surface area contributed by atoms with E-state index >= 15 is 0 Å². The quantitative estimate of drug-likeness (QED) is 0.583. The molecule has 0 spiro atoms. The lowest BCUT2D eigenvalue weighted by atomic mass is 9.92. The van der Waals surface area contributed by atoms with Gasteiger partial charge in [0.1, 0.15) is 11.6 Å². The number of amides is 2. The van der Waals surface area contributed by atoms with Gasteiger partial charge in [0.05, 0.1) is 24.0 Å². The summed E-state index contributed by atoms with van der Waals surface area (Å²) in [6.07, 6.45) is 1.16. The van der Waals surface area contributed by atoms with Crippen molar-refractivity contribution >= 4 is 35.2 Å². The summed E-state index contributed by atoms with van der Waals surface area (Å²) in [5, 5.41) is 5.18. The van der Waals surface area contributed by atoms with Crippen molar-refractivity contribution in [3.05, 3.63) is 46.0 Å². The van der Waals surface area contributed by atoms with Crippen molar-refractivity contribution in [3.63, 3.8) is 0 Å². The molecule has 2 aliphatic heterocycles. The summed E-state index contributed by atoms with van der Waals surface area (Å²) in [5.41, 5.74) is -0.155. The van der Waals surface area contributed by atoms with Crippen LogP contribution >= 0.6 is 0 Å². The molecule has 1 fully saturated rings. The van der Waals surface area contributed by atoms with E-state index in [2.05, 4.69) is 20.6 Å². The number of carbonyl (C=O) groups excluding carboxylic acids is 3. The minimum Gasteiger partial charge on any atom is -0.466 e. The third-order valence-corrected chi connectivity index (χ3v) is 5.71. The number of anilines is 3. The van der Waals surface area contributed by atoms with E-state index < -0.39 is 29.1 Å². The van der Waals surface area contributed by atoms with Crippen molar-refractivity contribution in [2.24, 2.45) is 5.92 Å². The van der Waals surface area contributed by atoms with Gasteiger partial charge in [-0.15, -0.1) is 0 Å². The average molecular weight is 457 g/mol. The summed E-state index contributed by atoms with van der Waals surface area (Å²) in [7, 11) is 0. The van der Waals surface area contributed by atoms with Crippen LogP contribution in [0.15, 0.2) is 29.1 Å². The van der Waals surface area contributed by atoms with Crippen molar-refractivity contribution in [3.8, 4) is 0 Å². The zero-order valence-electron chi connectivity index (χ0n) is 18.0. The molecule has 0 unspecified atom stereocenters. The maximum absolute atomic E-state index is 13.1. The first-order chi connectivity index (χ1) is 15.9. The van der Waals surface area contributed by atoms with Crippen LogP contribution in [0, 0.1) is 11.7 Å². The first-order valence-corrected chi connectivity index (χ1v) is 10.8. The van der Waals surface area contributed by atoms with Gasteiger partial charge >= 0.3 is 5.97 Å². The first kappa shape index (κ1) is 22.4. The molecule has 2 atom stereocenters. The second kappa shape index (κ2) is 9.39. The number of nitrogens with zero attached hydrogens (tertiary/aromatic N) is 2. The molecule has 4 rings (SSSR count). The monoisotopic (exact) mass is 457 g/mol. The number of hydrogen-bond donors (Lipinski definition) is 3. The number of H-pyrrole nitrogens is 1. The maximum atomic E-state index is 13.1. The SMILES string of the molecule is CCOC(=O)[C@@H]1CCCN(c2nc3c(c(=O)[nH]2)[C@@H](C(=O)Nc2ccc(F)cc2)CC(=O)N3)C1. The zero-order chi connectivity index (χ0) is 23.5. The van der Waals surface area contributed by atoms with Crippen LogP contribution in [0.3, 0.4) is 0 Å². The second-order valence-electron chi connectivity index (χ2n) is 7.99. The Kier molecular flexibility index (Phi) is 6.38. The number of nitrogens with one attached hydrogen (secondary N) is 3. The summed E-state index contributed by atoms with van der Waals surface area (Å²) in [4.78, 5) is 59.1. The smallest absolute Gasteiger partial charge is 0.310 e. The number of carbonyl (C=O) groups is 3. The standard InChI is InChI=1S/C22H24FN5O5/c1-2-33-21(32)12-4-3-9-28(11-12)22-26-18-17(20(31)27-22)15(10-16(29)25-18)19(30)24-14-7-5-13(23)6-8-14/h5-8,12,15H,2-4,9-11H2,1H3,(H,24,30)(H2,25,26,27,29,31)/t12-,15+/m1/s1. The molecule has 1 aromatic carbocycles. The average Bonchev–Trinajstić information content (AvgIpc) is 2.80. The number of benzene rings is 1. The number of halogens is 1. The fraction of sp³-hybridized carbons (Fsp3) is 0.409. The molecular formula is C22H24FN5O5. The topological polar surface area (TPSA) is 133 Å². The van der Waals surface area contributed by atoms with E-state index in [9.17, 15) is 23.6 Å². The van der Waals surface area contributed by atoms with E-state index in [1.54, 1.807) is 11.8 Å². The highest BCUT2D eigenvalue weighted by atomic mass is 19.1. The lowest BCUT2D eigenvalue weighted by molar-refractivity contribution is -0.148. The van der Waals surface area contributed by atoms with Crippen molar-refractivity contribution in [2.45, 2.75) is 32.1 Å². The van der Waals surface area contributed by atoms with Gasteiger partial charge in [0.15, 0.2) is 0 Å². The molecule has 1 saturated heterocycles. The number of rotatable bonds is 5. The molecule has 1 aromatic heterocycles. The highest BCUT2D eigenvalue weighted by molar-refractivity contribution is 6.04. The summed E-state index contributed by atoms with van der Waals surface area (Å²) in [6, 6.07) is 5.16. The van der Waals surface area contributed by atoms with Crippen molar-refractivity contribution in [1.29, 1.82) is 0 Å². The van der Waals surface area contributed by atoms with Crippen molar-refractivity contribution in [1.82, 2.24) is 9.97 Å². The molecular weight excluding hydrogens is 433 g/mol. The third kappa shape index (κ3) is 4.86. The molecule has 2 aliphatic rings. The Morgan fingerprint density at radius 3 is 2.76 bits per heavy atom. The van der Waals surface area contributed by atoms with E-state index in [1.165, 1.54) is 24.3 Å². The fourth-order valence-corrected chi connectivity index (χ4v) is 4.12. The van der Waals surface area contributed by atoms with Gasteiger partial charge in [0.25, 0.3) is 5.56 Å². The van der Waals surface area contributed by atoms with Gasteiger partial charge in [-0.05, 0) is 44.0 Å². The first-order valence-electron chi connectivity index (χ1n) is 10.8. The van der Waals surface area contributed by atoms with Gasteiger partial charge in [-0.2, -0.15) is 4.98 Å². The minimum absolute atomic E-state index is 0.0162. The Bertz CT molecular complexity index is 1130. The largest absolute Gasteiger partial charge is 0.466 e. The lowest BCUT2D eigenvalue weighted by Crippen LogP contribution is -2.42. The van der Waals surface area contributed by atoms with E-state index in [0.29, 0.717) is 31.6 Å². The highest BCUT2D eigenvalue weighted by Crippen LogP contribution is 2.31. The molecule has 0 aliphatic carbocycles. The number of aromatic nitrogens is 2. The molecule has 0 radical (unpaired) electrons. The van der Waals surface area contributed by atoms with Gasteiger partial charge in [0.2, 0.25) is 17.8 Å². The van der Waals surface area contributed by atoms with Crippen LogP contribution < -0.4 is 21.1 Å². The number of fused-ring (bicyclic) bond motifs is 1. The van der Waals surface area contributed by atoms with Crippen LogP contribution in [-0.4, -0.2) is 47.4 Å². The molecule has 0 bridgehead atoms. The van der Waals surface area contributed by atoms with Gasteiger partial charge in [-0.3, -0.25) is 24.2 Å². The normalized spacial score (nSPS) is 19.9. The molecule has 0 saturated carbocycles. The van der Waals surface area contributed by atoms with Crippen molar-refractivity contribution in [2.75, 3.05) is 35.2 Å². The molecule has 11 heteroatoms. The van der Waals surface area contributed by atoms with Gasteiger partial charge in [0, 0.05) is 25.2 Å². The molecule has 2 amide bonds. The number of aromatic amines is 1. The second-order valence-corrected chi connectivity index (χ2v) is 7.99. The van der Waals surface area contributed by atoms with E-state index in [1.807, 2.05) is 0 Å². The number of piperidine rings is 1. The number of hydrogen-bond acceptors (Lipinski definition) is 7. The lowest BCUT2D eigenvalue weighted by Gasteiger charge is -2.32. The van der Waals surface area contributed by atoms with Crippen LogP contribution in [0.2, 0.25) is 0 Å². The van der Waals surface area contributed by atoms with E-state index in [4.69, 9.17) is 4.74 Å². The number of ether oxygens (including phenoxy) is 1. The molecule has 3 N–H and O–H groups in total. The van der Waals surface area contributed by atoms with Crippen LogP contribution in [0.4, 0.5) is 21.8 Å². The summed E-state index contributed by atoms with van der Waals surface area (Å²) in [6.45, 7) is 2.92. The Morgan fingerprint density at radius 1 is 1.27 bits per heavy atom. The minimum atomic E-state index is -1.06. The molecule has 33 heavy (non-hydrogen) atoms. The fourth-order valence-electron chi connectivity index (χ4n) is 4.12. The summed E-state index contributed by atoms with van der Waals surface area (Å²) >= 11 is 0. The molecule has 2 aromatic rings. The van der Waals surface area contributed by atoms with Crippen LogP contribution in [0.25, 0.3) is 0 Å². The number of esters is 1. The molecule has 3 heterocycles. The Hall–Kier alpha value is -3.76. The summed E-state index contributed by atoms with van der Waals surface area (Å²) in [5.74, 6) is -2.94. The highest BCUT2D eigenvalue weighted by Gasteiger charge is 2.36. The van der Waals surface area contributed by atoms with Gasteiger partial charge in [-0.25, -0.2) is 4.39 Å². The molecule has 10 nitrogen and oxygen atoms in total. The van der Waals surface area contributed by atoms with Gasteiger partial charge < -0.3 is 20.3 Å². The van der Waals surface area contributed by atoms with Crippen molar-refractivity contribution < 1.29 is 23.5 Å². The van der Waals surface area contributed by atoms with Crippen LogP contribution in [0.1, 0.15) is 37.7 Å². The van der Waals surface area contributed by atoms with E-state index in [-0.39, 0.29) is 42.2 Å². The Labute approximate surface area is 188 Å². The maximum Gasteiger partial charge on any atom is 0.310 e. The Morgan fingerprint density at radius 2 is 2.03 bits per heavy atom. The predicted molar refractivity (Wildman–Crippen MR) is 117 cm³/mol.